The summed E-state index contributed by atoms with van der Waals surface area (Å²) in [6.07, 6.45) is 6.85. The lowest BCUT2D eigenvalue weighted by atomic mass is 9.84. The molecule has 2 saturated heterocycles. The van der Waals surface area contributed by atoms with Crippen molar-refractivity contribution in [2.24, 2.45) is 11.0 Å². The SMILES string of the molecule is CN1CCN(c2ccc(-c3ccc(N4N=CCC4CC4(O)CCN(C(=O)C5CC5)CC4)cc3)cc2)CC1. The number of hydrogen-bond acceptors (Lipinski definition) is 6. The van der Waals surface area contributed by atoms with Crippen LogP contribution in [-0.4, -0.2) is 85.0 Å². The van der Waals surface area contributed by atoms with Crippen molar-refractivity contribution in [1.29, 1.82) is 0 Å². The molecule has 0 spiro atoms. The molecule has 2 aromatic rings. The van der Waals surface area contributed by atoms with Gasteiger partial charge in [0.25, 0.3) is 0 Å². The molecule has 37 heavy (non-hydrogen) atoms. The molecule has 196 valence electrons. The third kappa shape index (κ3) is 5.39. The third-order valence-electron chi connectivity index (χ3n) is 8.68. The fourth-order valence-electron chi connectivity index (χ4n) is 6.01. The highest BCUT2D eigenvalue weighted by Crippen LogP contribution is 2.36. The lowest BCUT2D eigenvalue weighted by Crippen LogP contribution is -2.49. The number of hydrazone groups is 1. The van der Waals surface area contributed by atoms with Crippen molar-refractivity contribution in [3.05, 3.63) is 48.5 Å². The van der Waals surface area contributed by atoms with Gasteiger partial charge in [-0.15, -0.1) is 0 Å². The van der Waals surface area contributed by atoms with Crippen molar-refractivity contribution in [2.75, 3.05) is 56.2 Å². The van der Waals surface area contributed by atoms with Crippen LogP contribution in [0.5, 0.6) is 0 Å². The Bertz CT molecular complexity index is 1110. The molecule has 1 saturated carbocycles. The van der Waals surface area contributed by atoms with E-state index >= 15 is 0 Å². The van der Waals surface area contributed by atoms with Crippen LogP contribution in [0.2, 0.25) is 0 Å². The third-order valence-corrected chi connectivity index (χ3v) is 8.68. The van der Waals surface area contributed by atoms with E-state index in [1.165, 1.54) is 16.8 Å². The molecule has 1 aliphatic carbocycles. The van der Waals surface area contributed by atoms with E-state index in [9.17, 15) is 9.90 Å². The number of rotatable bonds is 6. The molecule has 0 aromatic heterocycles. The zero-order valence-corrected chi connectivity index (χ0v) is 21.9. The number of carbonyl (C=O) groups excluding carboxylic acids is 1. The van der Waals surface area contributed by atoms with Gasteiger partial charge in [-0.05, 0) is 74.5 Å². The van der Waals surface area contributed by atoms with Gasteiger partial charge < -0.3 is 19.8 Å². The minimum atomic E-state index is -0.734. The van der Waals surface area contributed by atoms with E-state index in [1.54, 1.807) is 0 Å². The number of nitrogens with zero attached hydrogens (tertiary/aromatic N) is 5. The zero-order valence-electron chi connectivity index (χ0n) is 21.9. The molecule has 6 rings (SSSR count). The first kappa shape index (κ1) is 24.4. The number of amides is 1. The molecule has 3 heterocycles. The van der Waals surface area contributed by atoms with Crippen molar-refractivity contribution in [2.45, 2.75) is 50.2 Å². The number of benzene rings is 2. The maximum absolute atomic E-state index is 12.4. The molecule has 7 heteroatoms. The maximum Gasteiger partial charge on any atom is 0.225 e. The smallest absolute Gasteiger partial charge is 0.225 e. The van der Waals surface area contributed by atoms with E-state index in [0.29, 0.717) is 38.3 Å². The molecule has 0 bridgehead atoms. The quantitative estimate of drug-likeness (QED) is 0.652. The highest BCUT2D eigenvalue weighted by Gasteiger charge is 2.41. The second kappa shape index (κ2) is 10.1. The predicted octanol–water partition coefficient (Wildman–Crippen LogP) is 3.82. The van der Waals surface area contributed by atoms with Gasteiger partial charge >= 0.3 is 0 Å². The first-order chi connectivity index (χ1) is 18.0. The van der Waals surface area contributed by atoms with Gasteiger partial charge in [0.2, 0.25) is 5.91 Å². The Labute approximate surface area is 220 Å². The van der Waals surface area contributed by atoms with Gasteiger partial charge in [-0.2, -0.15) is 5.10 Å². The molecule has 4 aliphatic rings. The van der Waals surface area contributed by atoms with Crippen molar-refractivity contribution in [3.63, 3.8) is 0 Å². The Morgan fingerprint density at radius 3 is 2.08 bits per heavy atom. The molecule has 1 amide bonds. The molecular formula is C30H39N5O2. The number of anilines is 2. The number of aliphatic hydroxyl groups is 1. The second-order valence-electron chi connectivity index (χ2n) is 11.4. The van der Waals surface area contributed by atoms with Crippen LogP contribution < -0.4 is 9.91 Å². The normalized spacial score (nSPS) is 24.1. The molecule has 1 unspecified atom stereocenters. The van der Waals surface area contributed by atoms with Gasteiger partial charge in [0, 0.05) is 63.5 Å². The number of piperidine rings is 1. The van der Waals surface area contributed by atoms with Gasteiger partial charge in [0.05, 0.1) is 17.3 Å². The molecule has 1 atom stereocenters. The van der Waals surface area contributed by atoms with E-state index in [2.05, 4.69) is 75.5 Å². The molecule has 3 aliphatic heterocycles. The monoisotopic (exact) mass is 501 g/mol. The van der Waals surface area contributed by atoms with Crippen LogP contribution in [0.25, 0.3) is 11.1 Å². The average molecular weight is 502 g/mol. The largest absolute Gasteiger partial charge is 0.390 e. The molecule has 2 aromatic carbocycles. The van der Waals surface area contributed by atoms with Gasteiger partial charge in [0.1, 0.15) is 0 Å². The van der Waals surface area contributed by atoms with Crippen LogP contribution >= 0.6 is 0 Å². The van der Waals surface area contributed by atoms with Gasteiger partial charge in [-0.25, -0.2) is 0 Å². The molecular weight excluding hydrogens is 462 g/mol. The van der Waals surface area contributed by atoms with Crippen LogP contribution in [0, 0.1) is 5.92 Å². The fraction of sp³-hybridized carbons (Fsp3) is 0.533. The van der Waals surface area contributed by atoms with Gasteiger partial charge in [-0.1, -0.05) is 24.3 Å². The van der Waals surface area contributed by atoms with Crippen molar-refractivity contribution >= 4 is 23.5 Å². The Hall–Kier alpha value is -2.90. The summed E-state index contributed by atoms with van der Waals surface area (Å²) in [5.74, 6) is 0.546. The zero-order chi connectivity index (χ0) is 25.4. The molecule has 3 fully saturated rings. The Morgan fingerprint density at radius 1 is 0.892 bits per heavy atom. The summed E-state index contributed by atoms with van der Waals surface area (Å²) >= 11 is 0. The summed E-state index contributed by atoms with van der Waals surface area (Å²) < 4.78 is 0. The van der Waals surface area contributed by atoms with Crippen LogP contribution in [-0.2, 0) is 4.79 Å². The summed E-state index contributed by atoms with van der Waals surface area (Å²) in [5, 5.41) is 18.1. The lowest BCUT2D eigenvalue weighted by Gasteiger charge is -2.40. The topological polar surface area (TPSA) is 62.6 Å². The standard InChI is InChI=1S/C30H39N5O2/c1-32-18-20-33(21-19-32)26-8-4-23(5-9-26)24-6-10-27(11-7-24)35-28(12-15-31-35)22-30(37)13-16-34(17-14-30)29(36)25-2-3-25/h4-11,15,25,28,37H,2-3,12-14,16-22H2,1H3. The van der Waals surface area contributed by atoms with Crippen LogP contribution in [0.3, 0.4) is 0 Å². The van der Waals surface area contributed by atoms with Gasteiger partial charge in [0.15, 0.2) is 0 Å². The Kier molecular flexibility index (Phi) is 6.67. The van der Waals surface area contributed by atoms with Crippen LogP contribution in [0.4, 0.5) is 11.4 Å². The first-order valence-electron chi connectivity index (χ1n) is 13.9. The minimum Gasteiger partial charge on any atom is -0.390 e. The maximum atomic E-state index is 12.4. The predicted molar refractivity (Wildman–Crippen MR) is 149 cm³/mol. The number of piperazine rings is 1. The second-order valence-corrected chi connectivity index (χ2v) is 11.4. The van der Waals surface area contributed by atoms with E-state index in [0.717, 1.165) is 51.1 Å². The first-order valence-corrected chi connectivity index (χ1v) is 13.9. The number of likely N-dealkylation sites (N-methyl/N-ethyl adjacent to an activating group) is 1. The summed E-state index contributed by atoms with van der Waals surface area (Å²) in [6, 6.07) is 17.7. The Balaban J connectivity index is 1.07. The fourth-order valence-corrected chi connectivity index (χ4v) is 6.01. The number of carbonyl (C=O) groups is 1. The number of likely N-dealkylation sites (tertiary alicyclic amines) is 1. The summed E-state index contributed by atoms with van der Waals surface area (Å²) in [6.45, 7) is 5.71. The van der Waals surface area contributed by atoms with Gasteiger partial charge in [-0.3, -0.25) is 9.80 Å². The molecule has 1 N–H and O–H groups in total. The van der Waals surface area contributed by atoms with Crippen LogP contribution in [0.1, 0.15) is 38.5 Å². The summed E-state index contributed by atoms with van der Waals surface area (Å²) in [4.78, 5) is 19.2. The van der Waals surface area contributed by atoms with Crippen molar-refractivity contribution in [1.82, 2.24) is 9.80 Å². The van der Waals surface area contributed by atoms with Crippen molar-refractivity contribution < 1.29 is 9.90 Å². The Morgan fingerprint density at radius 2 is 1.49 bits per heavy atom. The van der Waals surface area contributed by atoms with E-state index in [1.807, 2.05) is 11.1 Å². The highest BCUT2D eigenvalue weighted by atomic mass is 16.3. The summed E-state index contributed by atoms with van der Waals surface area (Å²) in [7, 11) is 2.18. The number of hydrogen-bond donors (Lipinski definition) is 1. The van der Waals surface area contributed by atoms with E-state index < -0.39 is 5.60 Å². The lowest BCUT2D eigenvalue weighted by molar-refractivity contribution is -0.137. The molecule has 0 radical (unpaired) electrons. The van der Waals surface area contributed by atoms with Crippen molar-refractivity contribution in [3.8, 4) is 11.1 Å². The average Bonchev–Trinajstić information content (AvgIpc) is 3.68. The molecule has 7 nitrogen and oxygen atoms in total. The van der Waals surface area contributed by atoms with Crippen LogP contribution in [0.15, 0.2) is 53.6 Å². The highest BCUT2D eigenvalue weighted by molar-refractivity contribution is 5.81. The van der Waals surface area contributed by atoms with E-state index in [4.69, 9.17) is 0 Å². The summed E-state index contributed by atoms with van der Waals surface area (Å²) in [5.41, 5.74) is 4.03. The minimum absolute atomic E-state index is 0.143. The van der Waals surface area contributed by atoms with E-state index in [-0.39, 0.29) is 12.0 Å².